The van der Waals surface area contributed by atoms with Gasteiger partial charge in [0.05, 0.1) is 25.4 Å². The monoisotopic (exact) mass is 300 g/mol. The molecule has 0 saturated carbocycles. The molecule has 2 aliphatic rings. The zero-order valence-corrected chi connectivity index (χ0v) is 12.9. The highest BCUT2D eigenvalue weighted by molar-refractivity contribution is 5.78. The summed E-state index contributed by atoms with van der Waals surface area (Å²) < 4.78 is 11.0. The molecule has 2 fully saturated rings. The molecule has 2 N–H and O–H groups in total. The topological polar surface area (TPSA) is 71.0 Å². The summed E-state index contributed by atoms with van der Waals surface area (Å²) in [4.78, 5) is 13.8. The van der Waals surface area contributed by atoms with Gasteiger partial charge in [0.2, 0.25) is 5.91 Å². The van der Waals surface area contributed by atoms with Crippen LogP contribution in [0.15, 0.2) is 0 Å². The molecule has 0 radical (unpaired) electrons. The summed E-state index contributed by atoms with van der Waals surface area (Å²) in [7, 11) is 1.68. The van der Waals surface area contributed by atoms with Gasteiger partial charge >= 0.3 is 0 Å². The van der Waals surface area contributed by atoms with Crippen LogP contribution in [0.25, 0.3) is 0 Å². The zero-order valence-electron chi connectivity index (χ0n) is 12.9. The van der Waals surface area contributed by atoms with Crippen LogP contribution < -0.4 is 5.32 Å². The molecule has 6 heteroatoms. The maximum absolute atomic E-state index is 11.6. The zero-order chi connectivity index (χ0) is 15.1. The summed E-state index contributed by atoms with van der Waals surface area (Å²) in [6.45, 7) is 4.11. The van der Waals surface area contributed by atoms with Gasteiger partial charge in [-0.15, -0.1) is 0 Å². The van der Waals surface area contributed by atoms with E-state index in [-0.39, 0.29) is 17.9 Å². The number of carbonyl (C=O) groups is 1. The van der Waals surface area contributed by atoms with E-state index in [1.807, 2.05) is 0 Å². The van der Waals surface area contributed by atoms with Crippen molar-refractivity contribution in [2.45, 2.75) is 37.9 Å². The third-order valence-electron chi connectivity index (χ3n) is 4.31. The Bertz CT molecular complexity index is 313. The number of carbonyl (C=O) groups excluding carboxylic acids is 1. The number of likely N-dealkylation sites (tertiary alicyclic amines) is 1. The Morgan fingerprint density at radius 3 is 2.81 bits per heavy atom. The van der Waals surface area contributed by atoms with Gasteiger partial charge in [0.1, 0.15) is 0 Å². The molecule has 122 valence electrons. The molecule has 0 aliphatic carbocycles. The standard InChI is InChI=1S/C15H28N2O4/c1-16-15(19)12-4-6-17(7-5-12)9-13(18)10-20-11-14-3-2-8-21-14/h12-14,18H,2-11H2,1H3,(H,16,19). The highest BCUT2D eigenvalue weighted by Crippen LogP contribution is 2.17. The third kappa shape index (κ3) is 5.54. The van der Waals surface area contributed by atoms with Crippen LogP contribution in [0.3, 0.4) is 0 Å². The molecule has 2 unspecified atom stereocenters. The van der Waals surface area contributed by atoms with Crippen LogP contribution in [0.5, 0.6) is 0 Å². The predicted octanol–water partition coefficient (Wildman–Crippen LogP) is 0.000900. The van der Waals surface area contributed by atoms with Gasteiger partial charge in [-0.1, -0.05) is 0 Å². The van der Waals surface area contributed by atoms with Crippen molar-refractivity contribution >= 4 is 5.91 Å². The summed E-state index contributed by atoms with van der Waals surface area (Å²) in [5, 5.41) is 12.7. The van der Waals surface area contributed by atoms with E-state index in [1.165, 1.54) is 0 Å². The van der Waals surface area contributed by atoms with E-state index in [0.717, 1.165) is 45.4 Å². The summed E-state index contributed by atoms with van der Waals surface area (Å²) in [5.41, 5.74) is 0. The van der Waals surface area contributed by atoms with Crippen molar-refractivity contribution in [2.75, 3.05) is 46.5 Å². The van der Waals surface area contributed by atoms with Crippen LogP contribution in [0.1, 0.15) is 25.7 Å². The van der Waals surface area contributed by atoms with E-state index in [1.54, 1.807) is 7.05 Å². The Kier molecular flexibility index (Phi) is 6.89. The Labute approximate surface area is 126 Å². The third-order valence-corrected chi connectivity index (χ3v) is 4.31. The lowest BCUT2D eigenvalue weighted by molar-refractivity contribution is -0.126. The van der Waals surface area contributed by atoms with E-state index in [9.17, 15) is 9.90 Å². The minimum absolute atomic E-state index is 0.124. The highest BCUT2D eigenvalue weighted by atomic mass is 16.5. The van der Waals surface area contributed by atoms with Crippen molar-refractivity contribution in [3.63, 3.8) is 0 Å². The van der Waals surface area contributed by atoms with Crippen molar-refractivity contribution in [1.29, 1.82) is 0 Å². The molecule has 1 amide bonds. The predicted molar refractivity (Wildman–Crippen MR) is 79.0 cm³/mol. The molecule has 0 aromatic rings. The van der Waals surface area contributed by atoms with Crippen molar-refractivity contribution in [1.82, 2.24) is 10.2 Å². The number of nitrogens with one attached hydrogen (secondary N) is 1. The Balaban J connectivity index is 1.56. The summed E-state index contributed by atoms with van der Waals surface area (Å²) in [6.07, 6.45) is 3.63. The molecule has 0 bridgehead atoms. The lowest BCUT2D eigenvalue weighted by Crippen LogP contribution is -2.43. The number of piperidine rings is 1. The van der Waals surface area contributed by atoms with Crippen LogP contribution in [0.4, 0.5) is 0 Å². The normalized spacial score (nSPS) is 25.9. The molecular formula is C15H28N2O4. The van der Waals surface area contributed by atoms with Crippen LogP contribution in [-0.2, 0) is 14.3 Å². The van der Waals surface area contributed by atoms with Crippen LogP contribution in [0, 0.1) is 5.92 Å². The second-order valence-corrected chi connectivity index (χ2v) is 6.02. The first-order chi connectivity index (χ1) is 10.2. The van der Waals surface area contributed by atoms with Crippen molar-refractivity contribution in [3.05, 3.63) is 0 Å². The van der Waals surface area contributed by atoms with Crippen molar-refractivity contribution < 1.29 is 19.4 Å². The second-order valence-electron chi connectivity index (χ2n) is 6.02. The SMILES string of the molecule is CNC(=O)C1CCN(CC(O)COCC2CCCO2)CC1. The highest BCUT2D eigenvalue weighted by Gasteiger charge is 2.25. The molecule has 0 spiro atoms. The van der Waals surface area contributed by atoms with Crippen LogP contribution >= 0.6 is 0 Å². The molecule has 2 aliphatic heterocycles. The van der Waals surface area contributed by atoms with E-state index < -0.39 is 6.10 Å². The van der Waals surface area contributed by atoms with Gasteiger partial charge in [0.15, 0.2) is 0 Å². The van der Waals surface area contributed by atoms with E-state index in [0.29, 0.717) is 19.8 Å². The first-order valence-electron chi connectivity index (χ1n) is 8.00. The molecule has 2 heterocycles. The molecule has 6 nitrogen and oxygen atoms in total. The van der Waals surface area contributed by atoms with Gasteiger partial charge in [0.25, 0.3) is 0 Å². The number of aliphatic hydroxyl groups excluding tert-OH is 1. The van der Waals surface area contributed by atoms with Gasteiger partial charge < -0.3 is 24.8 Å². The van der Waals surface area contributed by atoms with E-state index >= 15 is 0 Å². The van der Waals surface area contributed by atoms with Gasteiger partial charge in [-0.2, -0.15) is 0 Å². The van der Waals surface area contributed by atoms with Gasteiger partial charge in [-0.25, -0.2) is 0 Å². The van der Waals surface area contributed by atoms with Crippen molar-refractivity contribution in [2.24, 2.45) is 5.92 Å². The number of ether oxygens (including phenoxy) is 2. The average molecular weight is 300 g/mol. The lowest BCUT2D eigenvalue weighted by Gasteiger charge is -2.32. The molecule has 2 saturated heterocycles. The largest absolute Gasteiger partial charge is 0.389 e. The number of rotatable bonds is 7. The number of nitrogens with zero attached hydrogens (tertiary/aromatic N) is 1. The lowest BCUT2D eigenvalue weighted by atomic mass is 9.96. The second kappa shape index (κ2) is 8.68. The number of hydrogen-bond donors (Lipinski definition) is 2. The maximum Gasteiger partial charge on any atom is 0.222 e. The molecule has 21 heavy (non-hydrogen) atoms. The van der Waals surface area contributed by atoms with Crippen molar-refractivity contribution in [3.8, 4) is 0 Å². The first-order valence-corrected chi connectivity index (χ1v) is 8.00. The maximum atomic E-state index is 11.6. The smallest absolute Gasteiger partial charge is 0.222 e. The van der Waals surface area contributed by atoms with Crippen LogP contribution in [0.2, 0.25) is 0 Å². The number of β-amino-alcohol motifs (C(OH)–C–C–N with tert-alkyl or cyclic N) is 1. The molecule has 0 aromatic heterocycles. The van der Waals surface area contributed by atoms with Crippen LogP contribution in [-0.4, -0.2) is 74.6 Å². The van der Waals surface area contributed by atoms with E-state index in [2.05, 4.69) is 10.2 Å². The molecule has 0 aromatic carbocycles. The Morgan fingerprint density at radius 2 is 2.19 bits per heavy atom. The van der Waals surface area contributed by atoms with Gasteiger partial charge in [-0.3, -0.25) is 4.79 Å². The summed E-state index contributed by atoms with van der Waals surface area (Å²) in [5.74, 6) is 0.259. The minimum Gasteiger partial charge on any atom is -0.389 e. The number of hydrogen-bond acceptors (Lipinski definition) is 5. The van der Waals surface area contributed by atoms with E-state index in [4.69, 9.17) is 9.47 Å². The number of amides is 1. The molecule has 2 rings (SSSR count). The van der Waals surface area contributed by atoms with Gasteiger partial charge in [0, 0.05) is 26.1 Å². The average Bonchev–Trinajstić information content (AvgIpc) is 3.00. The fraction of sp³-hybridized carbons (Fsp3) is 0.933. The Morgan fingerprint density at radius 1 is 1.43 bits per heavy atom. The summed E-state index contributed by atoms with van der Waals surface area (Å²) in [6, 6.07) is 0. The van der Waals surface area contributed by atoms with Gasteiger partial charge in [-0.05, 0) is 38.8 Å². The quantitative estimate of drug-likeness (QED) is 0.692. The molecule has 2 atom stereocenters. The number of aliphatic hydroxyl groups is 1. The minimum atomic E-state index is -0.469. The summed E-state index contributed by atoms with van der Waals surface area (Å²) >= 11 is 0. The molecular weight excluding hydrogens is 272 g/mol. The fourth-order valence-corrected chi connectivity index (χ4v) is 3.04. The fourth-order valence-electron chi connectivity index (χ4n) is 3.04. The first kappa shape index (κ1) is 16.7. The Hall–Kier alpha value is -0.690.